The van der Waals surface area contributed by atoms with Crippen molar-refractivity contribution in [2.45, 2.75) is 20.0 Å². The van der Waals surface area contributed by atoms with Gasteiger partial charge in [0.15, 0.2) is 0 Å². The predicted molar refractivity (Wildman–Crippen MR) is 64.5 cm³/mol. The van der Waals surface area contributed by atoms with Crippen molar-refractivity contribution in [3.63, 3.8) is 0 Å². The molecule has 0 spiro atoms. The topological polar surface area (TPSA) is 43.7 Å². The van der Waals surface area contributed by atoms with Crippen LogP contribution in [0.2, 0.25) is 0 Å². The van der Waals surface area contributed by atoms with Gasteiger partial charge in [-0.1, -0.05) is 12.1 Å². The van der Waals surface area contributed by atoms with Gasteiger partial charge in [-0.3, -0.25) is 0 Å². The van der Waals surface area contributed by atoms with Crippen LogP contribution in [0.15, 0.2) is 18.2 Å². The van der Waals surface area contributed by atoms with Crippen molar-refractivity contribution in [3.05, 3.63) is 29.3 Å². The molecule has 1 heterocycles. The van der Waals surface area contributed by atoms with E-state index in [1.165, 1.54) is 11.3 Å². The molecule has 1 atom stereocenters. The molecule has 0 amide bonds. The van der Waals surface area contributed by atoms with Gasteiger partial charge in [-0.15, -0.1) is 0 Å². The number of anilines is 1. The van der Waals surface area contributed by atoms with Crippen LogP contribution >= 0.6 is 0 Å². The van der Waals surface area contributed by atoms with Crippen LogP contribution in [0.1, 0.15) is 17.5 Å². The number of nitrogens with zero attached hydrogens (tertiary/aromatic N) is 1. The first-order valence-electron chi connectivity index (χ1n) is 5.80. The molecule has 1 aliphatic heterocycles. The Morgan fingerprint density at radius 2 is 2.19 bits per heavy atom. The molecule has 2 N–H and O–H groups in total. The molecule has 16 heavy (non-hydrogen) atoms. The largest absolute Gasteiger partial charge is 0.396 e. The Bertz CT molecular complexity index is 365. The highest BCUT2D eigenvalue weighted by molar-refractivity contribution is 5.55. The molecule has 1 saturated heterocycles. The normalized spacial score (nSPS) is 20.4. The van der Waals surface area contributed by atoms with E-state index in [2.05, 4.69) is 17.9 Å². The van der Waals surface area contributed by atoms with E-state index in [9.17, 15) is 0 Å². The summed E-state index contributed by atoms with van der Waals surface area (Å²) in [6.07, 6.45) is 1.07. The Hall–Kier alpha value is -1.06. The van der Waals surface area contributed by atoms with Crippen molar-refractivity contribution in [1.82, 2.24) is 0 Å². The molecule has 0 bridgehead atoms. The molecule has 1 fully saturated rings. The quantitative estimate of drug-likeness (QED) is 0.808. The minimum atomic E-state index is 0.0976. The van der Waals surface area contributed by atoms with Crippen molar-refractivity contribution >= 4 is 5.69 Å². The summed E-state index contributed by atoms with van der Waals surface area (Å²) in [5, 5.41) is 18.2. The first kappa shape index (κ1) is 11.4. The van der Waals surface area contributed by atoms with E-state index in [0.717, 1.165) is 25.1 Å². The van der Waals surface area contributed by atoms with Crippen molar-refractivity contribution < 1.29 is 10.2 Å². The molecular formula is C13H19NO2. The molecule has 3 nitrogen and oxygen atoms in total. The van der Waals surface area contributed by atoms with Gasteiger partial charge < -0.3 is 15.1 Å². The monoisotopic (exact) mass is 221 g/mol. The van der Waals surface area contributed by atoms with E-state index in [0.29, 0.717) is 5.92 Å². The number of hydrogen-bond acceptors (Lipinski definition) is 3. The van der Waals surface area contributed by atoms with Gasteiger partial charge in [-0.2, -0.15) is 0 Å². The minimum absolute atomic E-state index is 0.0976. The summed E-state index contributed by atoms with van der Waals surface area (Å²) in [4.78, 5) is 2.32. The highest BCUT2D eigenvalue weighted by Gasteiger charge is 2.22. The summed E-state index contributed by atoms with van der Waals surface area (Å²) in [5.74, 6) is 0.414. The van der Waals surface area contributed by atoms with Crippen molar-refractivity contribution in [3.8, 4) is 0 Å². The zero-order valence-corrected chi connectivity index (χ0v) is 9.69. The summed E-state index contributed by atoms with van der Waals surface area (Å²) in [5.41, 5.74) is 3.39. The molecule has 2 rings (SSSR count). The average Bonchev–Trinajstić information content (AvgIpc) is 2.77. The van der Waals surface area contributed by atoms with Crippen LogP contribution in [0, 0.1) is 12.8 Å². The third-order valence-electron chi connectivity index (χ3n) is 3.33. The summed E-state index contributed by atoms with van der Waals surface area (Å²) < 4.78 is 0. The van der Waals surface area contributed by atoms with E-state index in [1.54, 1.807) is 0 Å². The molecule has 3 heteroatoms. The summed E-state index contributed by atoms with van der Waals surface area (Å²) in [6.45, 7) is 4.41. The Morgan fingerprint density at radius 1 is 1.38 bits per heavy atom. The highest BCUT2D eigenvalue weighted by atomic mass is 16.3. The number of hydrogen-bond donors (Lipinski definition) is 2. The fourth-order valence-corrected chi connectivity index (χ4v) is 2.37. The van der Waals surface area contributed by atoms with Crippen LogP contribution < -0.4 is 4.90 Å². The van der Waals surface area contributed by atoms with E-state index >= 15 is 0 Å². The number of aliphatic hydroxyl groups is 2. The fraction of sp³-hybridized carbons (Fsp3) is 0.538. The lowest BCUT2D eigenvalue weighted by atomic mass is 10.1. The lowest BCUT2D eigenvalue weighted by molar-refractivity contribution is 0.238. The zero-order valence-electron chi connectivity index (χ0n) is 9.69. The molecule has 0 saturated carbocycles. The molecule has 0 aromatic heterocycles. The zero-order chi connectivity index (χ0) is 11.5. The van der Waals surface area contributed by atoms with Crippen LogP contribution in [0.3, 0.4) is 0 Å². The maximum absolute atomic E-state index is 9.12. The van der Waals surface area contributed by atoms with Gasteiger partial charge in [-0.05, 0) is 30.5 Å². The second-order valence-corrected chi connectivity index (χ2v) is 4.56. The summed E-state index contributed by atoms with van der Waals surface area (Å²) >= 11 is 0. The molecule has 1 aromatic carbocycles. The molecule has 0 radical (unpaired) electrons. The smallest absolute Gasteiger partial charge is 0.0681 e. The average molecular weight is 221 g/mol. The van der Waals surface area contributed by atoms with Crippen molar-refractivity contribution in [2.75, 3.05) is 24.6 Å². The van der Waals surface area contributed by atoms with E-state index in [4.69, 9.17) is 10.2 Å². The second-order valence-electron chi connectivity index (χ2n) is 4.56. The molecule has 88 valence electrons. The molecule has 1 aromatic rings. The SMILES string of the molecule is Cc1cc(CO)ccc1N1CCC(CO)C1. The van der Waals surface area contributed by atoms with Gasteiger partial charge in [-0.25, -0.2) is 0 Å². The van der Waals surface area contributed by atoms with E-state index < -0.39 is 0 Å². The first-order chi connectivity index (χ1) is 7.74. The molecule has 1 unspecified atom stereocenters. The first-order valence-corrected chi connectivity index (χ1v) is 5.80. The van der Waals surface area contributed by atoms with Gasteiger partial charge in [0.05, 0.1) is 6.61 Å². The van der Waals surface area contributed by atoms with Gasteiger partial charge in [0.2, 0.25) is 0 Å². The lowest BCUT2D eigenvalue weighted by Crippen LogP contribution is -2.21. The maximum atomic E-state index is 9.12. The van der Waals surface area contributed by atoms with E-state index in [1.807, 2.05) is 12.1 Å². The van der Waals surface area contributed by atoms with E-state index in [-0.39, 0.29) is 13.2 Å². The predicted octanol–water partition coefficient (Wildman–Crippen LogP) is 1.31. The van der Waals surface area contributed by atoms with Gasteiger partial charge in [0.25, 0.3) is 0 Å². The standard InChI is InChI=1S/C13H19NO2/c1-10-6-11(8-15)2-3-13(10)14-5-4-12(7-14)9-16/h2-3,6,12,15-16H,4-5,7-9H2,1H3. The van der Waals surface area contributed by atoms with Crippen LogP contribution in [0.4, 0.5) is 5.69 Å². The van der Waals surface area contributed by atoms with Crippen LogP contribution in [0.5, 0.6) is 0 Å². The number of rotatable bonds is 3. The van der Waals surface area contributed by atoms with Gasteiger partial charge >= 0.3 is 0 Å². The third-order valence-corrected chi connectivity index (χ3v) is 3.33. The fourth-order valence-electron chi connectivity index (χ4n) is 2.37. The van der Waals surface area contributed by atoms with Gasteiger partial charge in [0, 0.05) is 31.3 Å². The number of aliphatic hydroxyl groups excluding tert-OH is 2. The Kier molecular flexibility index (Phi) is 3.46. The third kappa shape index (κ3) is 2.20. The Labute approximate surface area is 96.3 Å². The van der Waals surface area contributed by atoms with Crippen LogP contribution in [-0.2, 0) is 6.61 Å². The maximum Gasteiger partial charge on any atom is 0.0681 e. The molecule has 0 aliphatic carbocycles. The second kappa shape index (κ2) is 4.85. The highest BCUT2D eigenvalue weighted by Crippen LogP contribution is 2.27. The molecular weight excluding hydrogens is 202 g/mol. The van der Waals surface area contributed by atoms with Crippen molar-refractivity contribution in [1.29, 1.82) is 0 Å². The summed E-state index contributed by atoms with van der Waals surface area (Å²) in [7, 11) is 0. The van der Waals surface area contributed by atoms with Crippen molar-refractivity contribution in [2.24, 2.45) is 5.92 Å². The van der Waals surface area contributed by atoms with Crippen LogP contribution in [-0.4, -0.2) is 29.9 Å². The van der Waals surface area contributed by atoms with Crippen LogP contribution in [0.25, 0.3) is 0 Å². The minimum Gasteiger partial charge on any atom is -0.396 e. The Balaban J connectivity index is 2.15. The molecule has 1 aliphatic rings. The lowest BCUT2D eigenvalue weighted by Gasteiger charge is -2.21. The number of aryl methyl sites for hydroxylation is 1. The number of benzene rings is 1. The van der Waals surface area contributed by atoms with Gasteiger partial charge in [0.1, 0.15) is 0 Å². The Morgan fingerprint density at radius 3 is 2.75 bits per heavy atom. The summed E-state index contributed by atoms with van der Waals surface area (Å²) in [6, 6.07) is 6.07.